The summed E-state index contributed by atoms with van der Waals surface area (Å²) in [6, 6.07) is 2.34. The number of nitrogens with zero attached hydrogens (tertiary/aromatic N) is 1. The molecule has 86 valence electrons. The SMILES string of the molecule is CCCC1(CNCCC(C)(C)C#N)CC1. The highest BCUT2D eigenvalue weighted by Crippen LogP contribution is 2.48. The van der Waals surface area contributed by atoms with Crippen LogP contribution in [0.2, 0.25) is 0 Å². The van der Waals surface area contributed by atoms with Crippen molar-refractivity contribution in [1.82, 2.24) is 5.32 Å². The quantitative estimate of drug-likeness (QED) is 0.653. The summed E-state index contributed by atoms with van der Waals surface area (Å²) in [5, 5.41) is 12.4. The molecular weight excluding hydrogens is 184 g/mol. The van der Waals surface area contributed by atoms with E-state index < -0.39 is 0 Å². The molecule has 1 aliphatic carbocycles. The number of hydrogen-bond acceptors (Lipinski definition) is 2. The predicted octanol–water partition coefficient (Wildman–Crippen LogP) is 3.10. The average Bonchev–Trinajstić information content (AvgIpc) is 2.94. The Balaban J connectivity index is 2.10. The van der Waals surface area contributed by atoms with Crippen LogP contribution in [0.25, 0.3) is 0 Å². The fourth-order valence-electron chi connectivity index (χ4n) is 2.03. The van der Waals surface area contributed by atoms with Crippen LogP contribution >= 0.6 is 0 Å². The molecule has 0 aliphatic heterocycles. The van der Waals surface area contributed by atoms with Gasteiger partial charge in [-0.15, -0.1) is 0 Å². The van der Waals surface area contributed by atoms with Crippen LogP contribution in [-0.2, 0) is 0 Å². The molecule has 0 amide bonds. The summed E-state index contributed by atoms with van der Waals surface area (Å²) in [4.78, 5) is 0. The van der Waals surface area contributed by atoms with E-state index in [1.54, 1.807) is 0 Å². The zero-order chi connectivity index (χ0) is 11.4. The summed E-state index contributed by atoms with van der Waals surface area (Å²) in [5.74, 6) is 0. The highest BCUT2D eigenvalue weighted by atomic mass is 14.9. The zero-order valence-corrected chi connectivity index (χ0v) is 10.4. The molecule has 0 heterocycles. The molecule has 0 aromatic heterocycles. The first-order valence-electron chi connectivity index (χ1n) is 6.16. The first-order valence-corrected chi connectivity index (χ1v) is 6.16. The predicted molar refractivity (Wildman–Crippen MR) is 63.5 cm³/mol. The Hall–Kier alpha value is -0.550. The van der Waals surface area contributed by atoms with Crippen LogP contribution in [-0.4, -0.2) is 13.1 Å². The van der Waals surface area contributed by atoms with Gasteiger partial charge in [-0.1, -0.05) is 13.3 Å². The number of hydrogen-bond donors (Lipinski definition) is 1. The second-order valence-corrected chi connectivity index (χ2v) is 5.67. The molecule has 1 saturated carbocycles. The average molecular weight is 208 g/mol. The normalized spacial score (nSPS) is 18.5. The third-order valence-corrected chi connectivity index (χ3v) is 3.47. The van der Waals surface area contributed by atoms with Crippen molar-refractivity contribution in [3.05, 3.63) is 0 Å². The van der Waals surface area contributed by atoms with Crippen molar-refractivity contribution in [3.63, 3.8) is 0 Å². The van der Waals surface area contributed by atoms with Gasteiger partial charge in [-0.25, -0.2) is 0 Å². The molecule has 1 N–H and O–H groups in total. The Bertz CT molecular complexity index is 233. The van der Waals surface area contributed by atoms with Gasteiger partial charge in [-0.2, -0.15) is 5.26 Å². The first-order chi connectivity index (χ1) is 7.04. The Kier molecular flexibility index (Phi) is 4.16. The Labute approximate surface area is 94.1 Å². The summed E-state index contributed by atoms with van der Waals surface area (Å²) < 4.78 is 0. The number of rotatable bonds is 7. The van der Waals surface area contributed by atoms with Gasteiger partial charge in [0.1, 0.15) is 0 Å². The lowest BCUT2D eigenvalue weighted by Gasteiger charge is -2.18. The van der Waals surface area contributed by atoms with Crippen LogP contribution < -0.4 is 5.32 Å². The smallest absolute Gasteiger partial charge is 0.0684 e. The standard InChI is InChI=1S/C13H24N2/c1-4-5-13(6-7-13)11-15-9-8-12(2,3)10-14/h15H,4-9,11H2,1-3H3. The fraction of sp³-hybridized carbons (Fsp3) is 0.923. The summed E-state index contributed by atoms with van der Waals surface area (Å²) in [7, 11) is 0. The van der Waals surface area contributed by atoms with Gasteiger partial charge in [0.2, 0.25) is 0 Å². The van der Waals surface area contributed by atoms with E-state index >= 15 is 0 Å². The molecule has 2 nitrogen and oxygen atoms in total. The molecule has 2 heteroatoms. The van der Waals surface area contributed by atoms with Crippen LogP contribution in [0.15, 0.2) is 0 Å². The molecule has 15 heavy (non-hydrogen) atoms. The summed E-state index contributed by atoms with van der Waals surface area (Å²) in [6.45, 7) is 8.41. The fourth-order valence-corrected chi connectivity index (χ4v) is 2.03. The highest BCUT2D eigenvalue weighted by molar-refractivity contribution is 4.95. The van der Waals surface area contributed by atoms with E-state index in [1.165, 1.54) is 25.7 Å². The van der Waals surface area contributed by atoms with Crippen LogP contribution in [0.5, 0.6) is 0 Å². The maximum Gasteiger partial charge on any atom is 0.0684 e. The van der Waals surface area contributed by atoms with E-state index in [-0.39, 0.29) is 5.41 Å². The molecule has 1 aliphatic rings. The topological polar surface area (TPSA) is 35.8 Å². The molecule has 0 spiro atoms. The van der Waals surface area contributed by atoms with Crippen molar-refractivity contribution in [2.75, 3.05) is 13.1 Å². The van der Waals surface area contributed by atoms with Crippen LogP contribution in [0.3, 0.4) is 0 Å². The van der Waals surface area contributed by atoms with Gasteiger partial charge < -0.3 is 5.32 Å². The molecular formula is C13H24N2. The van der Waals surface area contributed by atoms with Crippen molar-refractivity contribution in [3.8, 4) is 6.07 Å². The van der Waals surface area contributed by atoms with Gasteiger partial charge in [0.05, 0.1) is 11.5 Å². The van der Waals surface area contributed by atoms with Gasteiger partial charge in [0.15, 0.2) is 0 Å². The lowest BCUT2D eigenvalue weighted by Crippen LogP contribution is -2.27. The van der Waals surface area contributed by atoms with Crippen LogP contribution in [0.4, 0.5) is 0 Å². The summed E-state index contributed by atoms with van der Waals surface area (Å²) in [6.07, 6.45) is 6.41. The van der Waals surface area contributed by atoms with Gasteiger partial charge in [-0.3, -0.25) is 0 Å². The molecule has 0 aromatic carbocycles. The third-order valence-electron chi connectivity index (χ3n) is 3.47. The molecule has 0 bridgehead atoms. The molecule has 1 rings (SSSR count). The minimum absolute atomic E-state index is 0.172. The lowest BCUT2D eigenvalue weighted by molar-refractivity contribution is 0.384. The molecule has 1 fully saturated rings. The lowest BCUT2D eigenvalue weighted by atomic mass is 9.91. The van der Waals surface area contributed by atoms with Gasteiger partial charge in [-0.05, 0) is 51.5 Å². The van der Waals surface area contributed by atoms with Crippen molar-refractivity contribution in [2.24, 2.45) is 10.8 Å². The summed E-state index contributed by atoms with van der Waals surface area (Å²) >= 11 is 0. The van der Waals surface area contributed by atoms with Gasteiger partial charge >= 0.3 is 0 Å². The largest absolute Gasteiger partial charge is 0.316 e. The molecule has 0 atom stereocenters. The van der Waals surface area contributed by atoms with Crippen LogP contribution in [0, 0.1) is 22.2 Å². The van der Waals surface area contributed by atoms with E-state index in [2.05, 4.69) is 18.3 Å². The molecule has 0 saturated heterocycles. The van der Waals surface area contributed by atoms with Gasteiger partial charge in [0.25, 0.3) is 0 Å². The van der Waals surface area contributed by atoms with Crippen molar-refractivity contribution in [1.29, 1.82) is 5.26 Å². The minimum Gasteiger partial charge on any atom is -0.316 e. The van der Waals surface area contributed by atoms with E-state index in [0.29, 0.717) is 5.41 Å². The summed E-state index contributed by atoms with van der Waals surface area (Å²) in [5.41, 5.74) is 0.458. The second-order valence-electron chi connectivity index (χ2n) is 5.67. The van der Waals surface area contributed by atoms with E-state index in [9.17, 15) is 0 Å². The first kappa shape index (κ1) is 12.5. The van der Waals surface area contributed by atoms with E-state index in [4.69, 9.17) is 5.26 Å². The Morgan fingerprint density at radius 2 is 2.07 bits per heavy atom. The number of nitrogens with one attached hydrogen (secondary N) is 1. The monoisotopic (exact) mass is 208 g/mol. The van der Waals surface area contributed by atoms with Crippen LogP contribution in [0.1, 0.15) is 52.9 Å². The van der Waals surface area contributed by atoms with E-state index in [0.717, 1.165) is 19.5 Å². The maximum atomic E-state index is 8.87. The minimum atomic E-state index is -0.172. The zero-order valence-electron chi connectivity index (χ0n) is 10.4. The molecule has 0 aromatic rings. The van der Waals surface area contributed by atoms with Gasteiger partial charge in [0, 0.05) is 6.54 Å². The number of nitriles is 1. The molecule has 0 radical (unpaired) electrons. The highest BCUT2D eigenvalue weighted by Gasteiger charge is 2.40. The molecule has 0 unspecified atom stereocenters. The second kappa shape index (κ2) is 4.99. The maximum absolute atomic E-state index is 8.87. The Morgan fingerprint density at radius 1 is 1.40 bits per heavy atom. The third kappa shape index (κ3) is 4.22. The van der Waals surface area contributed by atoms with Crippen molar-refractivity contribution in [2.45, 2.75) is 52.9 Å². The van der Waals surface area contributed by atoms with Crippen molar-refractivity contribution < 1.29 is 0 Å². The van der Waals surface area contributed by atoms with Crippen molar-refractivity contribution >= 4 is 0 Å². The Morgan fingerprint density at radius 3 is 2.53 bits per heavy atom. The van der Waals surface area contributed by atoms with E-state index in [1.807, 2.05) is 13.8 Å².